The van der Waals surface area contributed by atoms with Crippen LogP contribution in [0.1, 0.15) is 64.2 Å². The SMILES string of the molecule is Cc1c(-c2[nH]c3ccc(N4C[C@@H](C)N(C(C)C)C[C@@H]4C)nc3c2C(C)C)cn2ncnc2c1C. The maximum absolute atomic E-state index is 5.27. The third-order valence-corrected chi connectivity index (χ3v) is 7.63. The Bertz CT molecular complexity index is 1350. The van der Waals surface area contributed by atoms with E-state index in [1.165, 1.54) is 11.1 Å². The number of nitrogens with one attached hydrogen (secondary N) is 1. The maximum Gasteiger partial charge on any atom is 0.158 e. The molecule has 7 nitrogen and oxygen atoms in total. The molecule has 2 atom stereocenters. The zero-order chi connectivity index (χ0) is 24.3. The zero-order valence-corrected chi connectivity index (χ0v) is 21.7. The Morgan fingerprint density at radius 3 is 2.47 bits per heavy atom. The Labute approximate surface area is 202 Å². The van der Waals surface area contributed by atoms with Crippen LogP contribution in [0.3, 0.4) is 0 Å². The van der Waals surface area contributed by atoms with E-state index in [0.29, 0.717) is 24.0 Å². The van der Waals surface area contributed by atoms with Crippen LogP contribution < -0.4 is 4.90 Å². The van der Waals surface area contributed by atoms with Crippen LogP contribution in [0.5, 0.6) is 0 Å². The van der Waals surface area contributed by atoms with Gasteiger partial charge < -0.3 is 9.88 Å². The van der Waals surface area contributed by atoms with Gasteiger partial charge in [0, 0.05) is 48.5 Å². The maximum atomic E-state index is 5.27. The van der Waals surface area contributed by atoms with E-state index in [1.54, 1.807) is 6.33 Å². The van der Waals surface area contributed by atoms with Crippen molar-refractivity contribution in [1.82, 2.24) is 29.5 Å². The fraction of sp³-hybridized carbons (Fsp3) is 0.519. The first-order valence-corrected chi connectivity index (χ1v) is 12.5. The van der Waals surface area contributed by atoms with Gasteiger partial charge in [0.2, 0.25) is 0 Å². The highest BCUT2D eigenvalue weighted by Gasteiger charge is 2.31. The standard InChI is InChI=1S/C27H37N7/c1-15(2)24-25(21-13-34-27(28-14-29-34)20(8)19(21)7)30-22-9-10-23(31-26(22)24)33-12-17(5)32(16(3)4)11-18(33)6/h9-10,13-18,30H,11-12H2,1-8H3/t17-,18+/m1/s1. The summed E-state index contributed by atoms with van der Waals surface area (Å²) in [5, 5.41) is 4.41. The highest BCUT2D eigenvalue weighted by atomic mass is 15.3. The molecule has 4 aromatic heterocycles. The quantitative estimate of drug-likeness (QED) is 0.447. The zero-order valence-electron chi connectivity index (χ0n) is 21.7. The lowest BCUT2D eigenvalue weighted by Gasteiger charge is -2.46. The van der Waals surface area contributed by atoms with Crippen molar-refractivity contribution in [2.75, 3.05) is 18.0 Å². The molecule has 0 aromatic carbocycles. The van der Waals surface area contributed by atoms with Crippen molar-refractivity contribution in [2.45, 2.75) is 79.4 Å². The summed E-state index contributed by atoms with van der Waals surface area (Å²) in [7, 11) is 0. The predicted molar refractivity (Wildman–Crippen MR) is 140 cm³/mol. The smallest absolute Gasteiger partial charge is 0.158 e. The third kappa shape index (κ3) is 3.57. The predicted octanol–water partition coefficient (Wildman–Crippen LogP) is 5.32. The van der Waals surface area contributed by atoms with Crippen LogP contribution in [-0.4, -0.2) is 60.7 Å². The molecular formula is C27H37N7. The number of piperazine rings is 1. The van der Waals surface area contributed by atoms with Gasteiger partial charge in [0.1, 0.15) is 12.1 Å². The number of hydrogen-bond acceptors (Lipinski definition) is 5. The molecular weight excluding hydrogens is 422 g/mol. The number of pyridine rings is 2. The van der Waals surface area contributed by atoms with Crippen molar-refractivity contribution in [3.05, 3.63) is 41.3 Å². The van der Waals surface area contributed by atoms with Crippen molar-refractivity contribution >= 4 is 22.5 Å². The van der Waals surface area contributed by atoms with Crippen LogP contribution in [0, 0.1) is 13.8 Å². The summed E-state index contributed by atoms with van der Waals surface area (Å²) in [4.78, 5) is 18.5. The minimum atomic E-state index is 0.326. The van der Waals surface area contributed by atoms with Gasteiger partial charge in [0.15, 0.2) is 5.65 Å². The highest BCUT2D eigenvalue weighted by Crippen LogP contribution is 2.38. The molecule has 1 aliphatic heterocycles. The van der Waals surface area contributed by atoms with Gasteiger partial charge in [-0.2, -0.15) is 5.10 Å². The summed E-state index contributed by atoms with van der Waals surface area (Å²) in [6.07, 6.45) is 3.71. The molecule has 0 spiro atoms. The second-order valence-corrected chi connectivity index (χ2v) is 10.6. The van der Waals surface area contributed by atoms with Crippen molar-refractivity contribution < 1.29 is 0 Å². The summed E-state index contributed by atoms with van der Waals surface area (Å²) in [5.74, 6) is 1.40. The molecule has 0 saturated carbocycles. The van der Waals surface area contributed by atoms with E-state index < -0.39 is 0 Å². The average molecular weight is 460 g/mol. The number of H-pyrrole nitrogens is 1. The number of hydrogen-bond donors (Lipinski definition) is 1. The Kier molecular flexibility index (Phi) is 5.63. The number of aryl methyl sites for hydroxylation is 1. The van der Waals surface area contributed by atoms with Crippen LogP contribution in [-0.2, 0) is 0 Å². The molecule has 1 aliphatic rings. The molecule has 0 bridgehead atoms. The van der Waals surface area contributed by atoms with Crippen LogP contribution in [0.15, 0.2) is 24.7 Å². The second-order valence-electron chi connectivity index (χ2n) is 10.6. The first-order chi connectivity index (χ1) is 16.2. The topological polar surface area (TPSA) is 65.4 Å². The van der Waals surface area contributed by atoms with Gasteiger partial charge in [0.25, 0.3) is 0 Å². The number of fused-ring (bicyclic) bond motifs is 2. The third-order valence-electron chi connectivity index (χ3n) is 7.63. The number of rotatable bonds is 4. The summed E-state index contributed by atoms with van der Waals surface area (Å²) in [6.45, 7) is 20.1. The number of anilines is 1. The molecule has 0 amide bonds. The minimum absolute atomic E-state index is 0.326. The summed E-state index contributed by atoms with van der Waals surface area (Å²) in [5.41, 5.74) is 9.01. The number of aromatic amines is 1. The Balaban J connectivity index is 1.62. The monoisotopic (exact) mass is 459 g/mol. The minimum Gasteiger partial charge on any atom is -0.353 e. The van der Waals surface area contributed by atoms with Crippen LogP contribution in [0.4, 0.5) is 5.82 Å². The lowest BCUT2D eigenvalue weighted by molar-refractivity contribution is 0.128. The molecule has 34 heavy (non-hydrogen) atoms. The van der Waals surface area contributed by atoms with Gasteiger partial charge in [-0.3, -0.25) is 4.90 Å². The van der Waals surface area contributed by atoms with E-state index in [2.05, 4.69) is 98.6 Å². The van der Waals surface area contributed by atoms with Gasteiger partial charge in [-0.1, -0.05) is 13.8 Å². The van der Waals surface area contributed by atoms with Crippen molar-refractivity contribution in [2.24, 2.45) is 0 Å². The first kappa shape index (κ1) is 22.8. The van der Waals surface area contributed by atoms with Crippen molar-refractivity contribution in [3.8, 4) is 11.3 Å². The fourth-order valence-corrected chi connectivity index (χ4v) is 5.66. The first-order valence-electron chi connectivity index (χ1n) is 12.5. The molecule has 4 aromatic rings. The molecule has 1 fully saturated rings. The average Bonchev–Trinajstić information content (AvgIpc) is 3.41. The van der Waals surface area contributed by atoms with E-state index >= 15 is 0 Å². The molecule has 1 saturated heterocycles. The van der Waals surface area contributed by atoms with Gasteiger partial charge >= 0.3 is 0 Å². The summed E-state index contributed by atoms with van der Waals surface area (Å²) in [6, 6.07) is 5.86. The van der Waals surface area contributed by atoms with Gasteiger partial charge in [-0.15, -0.1) is 0 Å². The fourth-order valence-electron chi connectivity index (χ4n) is 5.66. The van der Waals surface area contributed by atoms with E-state index in [-0.39, 0.29) is 0 Å². The molecule has 1 N–H and O–H groups in total. The van der Waals surface area contributed by atoms with E-state index in [1.807, 2.05) is 4.52 Å². The normalized spacial score (nSPS) is 19.9. The van der Waals surface area contributed by atoms with E-state index in [0.717, 1.165) is 52.4 Å². The molecule has 0 unspecified atom stereocenters. The molecule has 0 aliphatic carbocycles. The summed E-state index contributed by atoms with van der Waals surface area (Å²) < 4.78 is 1.88. The molecule has 5 rings (SSSR count). The van der Waals surface area contributed by atoms with Crippen LogP contribution >= 0.6 is 0 Å². The van der Waals surface area contributed by atoms with Crippen molar-refractivity contribution in [3.63, 3.8) is 0 Å². The van der Waals surface area contributed by atoms with Crippen LogP contribution in [0.25, 0.3) is 27.9 Å². The molecule has 7 heteroatoms. The molecule has 0 radical (unpaired) electrons. The van der Waals surface area contributed by atoms with Crippen molar-refractivity contribution in [1.29, 1.82) is 0 Å². The largest absolute Gasteiger partial charge is 0.353 e. The number of aromatic nitrogens is 5. The molecule has 5 heterocycles. The highest BCUT2D eigenvalue weighted by molar-refractivity contribution is 5.90. The Morgan fingerprint density at radius 1 is 1.00 bits per heavy atom. The van der Waals surface area contributed by atoms with Gasteiger partial charge in [-0.25, -0.2) is 14.5 Å². The van der Waals surface area contributed by atoms with Crippen LogP contribution in [0.2, 0.25) is 0 Å². The van der Waals surface area contributed by atoms with Gasteiger partial charge in [0.05, 0.1) is 16.7 Å². The summed E-state index contributed by atoms with van der Waals surface area (Å²) >= 11 is 0. The lowest BCUT2D eigenvalue weighted by Crippen LogP contribution is -2.58. The Morgan fingerprint density at radius 2 is 1.76 bits per heavy atom. The Hall–Kier alpha value is -2.93. The lowest BCUT2D eigenvalue weighted by atomic mass is 9.95. The second kappa shape index (κ2) is 8.38. The molecule has 180 valence electrons. The van der Waals surface area contributed by atoms with E-state index in [4.69, 9.17) is 4.98 Å². The number of nitrogens with zero attached hydrogens (tertiary/aromatic N) is 6. The van der Waals surface area contributed by atoms with Gasteiger partial charge in [-0.05, 0) is 70.7 Å². The van der Waals surface area contributed by atoms with E-state index in [9.17, 15) is 0 Å².